The SMILES string of the molecule is C.CC(=O)SC[C@H](NC(=O)CC[C@H](CC(=O)OC(C)(C)C)C(=O)O)C(=O)CCC(=O)O.CC(=O)SC[C@H](NC(=O)CC[C@H](N)C(=O)O)C(=O)CCC(=O)O.N[C@@H](CCC(=O)N[C@@H](CS)C(=O)CCC(=O)O)C(=O)O.O=BC#CO. The number of thioether (sulfide) groups is 2. The van der Waals surface area contributed by atoms with E-state index < -0.39 is 131 Å². The standard InChI is InChI=1S/C19H29NO9S.C13H20N2O7S.C11H18N2O6S.C2HBO2.CH4/c1-11(21)30-10-13(14(22)6-8-16(24)25)20-15(23)7-5-12(18(27)28)9-17(26)29-19(2,3)4;1-7(16)23-6-9(10(17)3-5-12(19)20)15-11(18)4-2-8(14)13(21)22;12-6(11(18)19)1-3-9(15)13-7(5-20)8(14)2-4-10(16)17;4-2-1-3-5;/h12-13H,5-10H2,1-4H3,(H,20,23)(H,24,25)(H,27,28);8-9H,2-6,14H2,1H3,(H,15,18)(H,19,20)(H,21,22);6-7,20H,1-5,12H2,(H,13,15)(H,16,17)(H,18,19);4H;1H4/t12-,13+;8-,9-;6-,7-;;/m100../s1. The normalized spacial score (nSPS) is 12.3. The number of nitrogens with two attached hydrogens (primary N) is 2. The molecule has 0 radical (unpaired) electrons. The summed E-state index contributed by atoms with van der Waals surface area (Å²) in [5.74, 6) is -10.5. The van der Waals surface area contributed by atoms with Gasteiger partial charge in [0.05, 0.1) is 49.7 Å². The molecule has 3 amide bonds. The van der Waals surface area contributed by atoms with E-state index in [1.165, 1.54) is 20.0 Å². The van der Waals surface area contributed by atoms with Gasteiger partial charge in [0.15, 0.2) is 27.6 Å². The van der Waals surface area contributed by atoms with E-state index in [-0.39, 0.29) is 106 Å². The number of aliphatic carboxylic acids is 6. The molecule has 14 N–H and O–H groups in total. The second-order valence-electron chi connectivity index (χ2n) is 16.9. The molecule has 0 rings (SSSR count). The van der Waals surface area contributed by atoms with E-state index in [1.54, 1.807) is 26.6 Å². The van der Waals surface area contributed by atoms with Crippen molar-refractivity contribution >= 4 is 130 Å². The number of aliphatic hydroxyl groups excluding tert-OH is 1. The summed E-state index contributed by atoms with van der Waals surface area (Å²) < 4.78 is 14.2. The molecule has 6 atom stereocenters. The molecule has 0 heterocycles. The number of thiol groups is 1. The Balaban J connectivity index is -0.000000336. The van der Waals surface area contributed by atoms with Crippen LogP contribution in [0.25, 0.3) is 0 Å². The first kappa shape index (κ1) is 81.1. The minimum atomic E-state index is -1.25. The number of amides is 3. The molecule has 0 saturated carbocycles. The van der Waals surface area contributed by atoms with Gasteiger partial charge in [-0.3, -0.25) is 71.9 Å². The summed E-state index contributed by atoms with van der Waals surface area (Å²) in [5.41, 5.74) is 9.75. The van der Waals surface area contributed by atoms with E-state index in [2.05, 4.69) is 28.6 Å². The van der Waals surface area contributed by atoms with Gasteiger partial charge in [0, 0.05) is 69.6 Å². The average Bonchev–Trinajstić information content (AvgIpc) is 3.32. The Hall–Kier alpha value is -6.76. The summed E-state index contributed by atoms with van der Waals surface area (Å²) in [6.07, 6.45) is -1.79. The molecule has 446 valence electrons. The van der Waals surface area contributed by atoms with Crippen LogP contribution in [0.3, 0.4) is 0 Å². The van der Waals surface area contributed by atoms with Gasteiger partial charge in [0.1, 0.15) is 17.7 Å². The van der Waals surface area contributed by atoms with Gasteiger partial charge >= 0.3 is 70.7 Å². The summed E-state index contributed by atoms with van der Waals surface area (Å²) >= 11 is 5.56. The van der Waals surface area contributed by atoms with Gasteiger partial charge < -0.3 is 62.8 Å². The number of carboxylic acid groups (broad SMARTS) is 6. The number of carbonyl (C=O) groups excluding carboxylic acids is 9. The van der Waals surface area contributed by atoms with Crippen LogP contribution >= 0.6 is 36.2 Å². The van der Waals surface area contributed by atoms with Gasteiger partial charge in [0.2, 0.25) is 17.7 Å². The summed E-state index contributed by atoms with van der Waals surface area (Å²) in [6, 6.07) is -5.28. The van der Waals surface area contributed by atoms with Crippen LogP contribution in [0.2, 0.25) is 0 Å². The van der Waals surface area contributed by atoms with E-state index in [0.29, 0.717) is 7.15 Å². The van der Waals surface area contributed by atoms with Crippen molar-refractivity contribution in [2.75, 3.05) is 17.3 Å². The molecule has 0 aromatic heterocycles. The Bertz CT molecular complexity index is 2170. The maximum atomic E-state index is 12.2. The fourth-order valence-electron chi connectivity index (χ4n) is 5.12. The number of ether oxygens (including phenoxy) is 1. The van der Waals surface area contributed by atoms with Gasteiger partial charge in [-0.1, -0.05) is 31.0 Å². The Morgan fingerprint density at radius 3 is 1.14 bits per heavy atom. The molecule has 79 heavy (non-hydrogen) atoms. The molecule has 0 aliphatic rings. The Labute approximate surface area is 469 Å². The van der Waals surface area contributed by atoms with Gasteiger partial charge in [-0.2, -0.15) is 12.6 Å². The number of aliphatic hydroxyl groups is 1. The topological polar surface area (TPSA) is 512 Å². The first-order valence-electron chi connectivity index (χ1n) is 23.0. The molecule has 0 aliphatic carbocycles. The minimum absolute atomic E-state index is 0. The third-order valence-corrected chi connectivity index (χ3v) is 11.2. The molecule has 0 aromatic rings. The molecule has 0 saturated heterocycles. The Kier molecular flexibility index (Phi) is 47.4. The van der Waals surface area contributed by atoms with Crippen molar-refractivity contribution in [2.45, 2.75) is 161 Å². The summed E-state index contributed by atoms with van der Waals surface area (Å²) in [7, 11) is 0.319. The number of nitrogens with one attached hydrogen (secondary N) is 3. The predicted octanol–water partition coefficient (Wildman–Crippen LogP) is -0.235. The molecule has 0 aromatic carbocycles. The van der Waals surface area contributed by atoms with Crippen molar-refractivity contribution in [3.63, 3.8) is 0 Å². The number of esters is 1. The predicted molar refractivity (Wildman–Crippen MR) is 285 cm³/mol. The van der Waals surface area contributed by atoms with Crippen molar-refractivity contribution in [3.8, 4) is 11.9 Å². The van der Waals surface area contributed by atoms with Crippen molar-refractivity contribution < 1.29 is 117 Å². The van der Waals surface area contributed by atoms with Crippen LogP contribution in [-0.2, 0) is 81.4 Å². The van der Waals surface area contributed by atoms with E-state index in [1.807, 2.05) is 0 Å². The number of hydrogen-bond donors (Lipinski definition) is 13. The fourth-order valence-corrected chi connectivity index (χ4v) is 6.76. The maximum absolute atomic E-state index is 12.2. The molecule has 0 fully saturated rings. The quantitative estimate of drug-likeness (QED) is 0.0171. The first-order valence-corrected chi connectivity index (χ1v) is 25.6. The van der Waals surface area contributed by atoms with Crippen LogP contribution in [0, 0.1) is 17.8 Å². The third kappa shape index (κ3) is 50.5. The molecule has 0 spiro atoms. The molecule has 0 aliphatic heterocycles. The number of carbonyl (C=O) groups is 15. The Morgan fingerprint density at radius 2 is 0.886 bits per heavy atom. The van der Waals surface area contributed by atoms with Crippen LogP contribution < -0.4 is 27.4 Å². The molecule has 29 nitrogen and oxygen atoms in total. The third-order valence-electron chi connectivity index (χ3n) is 9.04. The van der Waals surface area contributed by atoms with E-state index in [0.717, 1.165) is 23.5 Å². The number of hydrogen-bond acceptors (Lipinski definition) is 23. The summed E-state index contributed by atoms with van der Waals surface area (Å²) in [5, 5.41) is 66.3. The van der Waals surface area contributed by atoms with E-state index in [4.69, 9.17) is 51.5 Å². The summed E-state index contributed by atoms with van der Waals surface area (Å²) in [6.45, 7) is 7.54. The first-order chi connectivity index (χ1) is 36.0. The van der Waals surface area contributed by atoms with Gasteiger partial charge in [-0.05, 0) is 40.0 Å². The molecular weight excluding hydrogens is 1110 g/mol. The zero-order chi connectivity index (χ0) is 61.3. The van der Waals surface area contributed by atoms with E-state index in [9.17, 15) is 77.0 Å². The molecule has 0 unspecified atom stereocenters. The van der Waals surface area contributed by atoms with Crippen LogP contribution in [-0.4, -0.2) is 183 Å². The van der Waals surface area contributed by atoms with Gasteiger partial charge in [-0.25, -0.2) is 0 Å². The zero-order valence-electron chi connectivity index (χ0n) is 43.3. The van der Waals surface area contributed by atoms with Crippen LogP contribution in [0.5, 0.6) is 0 Å². The van der Waals surface area contributed by atoms with Gasteiger partial charge in [-0.15, -0.1) is 0 Å². The molecule has 33 heteroatoms. The zero-order valence-corrected chi connectivity index (χ0v) is 45.9. The van der Waals surface area contributed by atoms with Crippen LogP contribution in [0.15, 0.2) is 0 Å². The Morgan fingerprint density at radius 1 is 0.557 bits per heavy atom. The van der Waals surface area contributed by atoms with Crippen molar-refractivity contribution in [1.29, 1.82) is 0 Å². The molecule has 0 bridgehead atoms. The fraction of sp³-hybridized carbons (Fsp3) is 0.630. The van der Waals surface area contributed by atoms with Crippen molar-refractivity contribution in [1.82, 2.24) is 16.0 Å². The van der Waals surface area contributed by atoms with Gasteiger partial charge in [0.25, 0.3) is 0 Å². The van der Waals surface area contributed by atoms with Crippen molar-refractivity contribution in [3.05, 3.63) is 0 Å². The number of carboxylic acids is 6. The van der Waals surface area contributed by atoms with E-state index >= 15 is 0 Å². The monoisotopic (exact) mass is 1190 g/mol. The number of Topliss-reactive ketones (excluding diaryl/α,β-unsaturated/α-hetero) is 3. The molecular formula is C46H72BN5O24S3. The average molecular weight is 1190 g/mol. The second-order valence-corrected chi connectivity index (χ2v) is 19.7. The number of ketones is 3. The summed E-state index contributed by atoms with van der Waals surface area (Å²) in [4.78, 5) is 169. The van der Waals surface area contributed by atoms with Crippen molar-refractivity contribution in [2.24, 2.45) is 17.4 Å². The van der Waals surface area contributed by atoms with Crippen LogP contribution in [0.1, 0.15) is 126 Å². The number of rotatable bonds is 34. The van der Waals surface area contributed by atoms with Crippen LogP contribution in [0.4, 0.5) is 0 Å². The second kappa shape index (κ2) is 46.2.